The average molecular weight is 644 g/mol. The summed E-state index contributed by atoms with van der Waals surface area (Å²) in [6.45, 7) is 2.13. The second kappa shape index (κ2) is 19.6. The Morgan fingerprint density at radius 3 is 1.89 bits per heavy atom. The summed E-state index contributed by atoms with van der Waals surface area (Å²) in [6.07, 6.45) is 5.52. The molecule has 45 heavy (non-hydrogen) atoms. The van der Waals surface area contributed by atoms with Crippen LogP contribution in [0.2, 0.25) is 0 Å². The van der Waals surface area contributed by atoms with Crippen molar-refractivity contribution in [1.29, 1.82) is 0 Å². The lowest BCUT2D eigenvalue weighted by atomic mass is 9.82. The third-order valence-electron chi connectivity index (χ3n) is 7.39. The van der Waals surface area contributed by atoms with Crippen molar-refractivity contribution in [3.63, 3.8) is 0 Å². The van der Waals surface area contributed by atoms with Crippen molar-refractivity contribution in [2.24, 2.45) is 5.92 Å². The van der Waals surface area contributed by atoms with Crippen LogP contribution in [-0.2, 0) is 36.6 Å². The minimum Gasteiger partial charge on any atom is -0.481 e. The number of rotatable bonds is 23. The molecule has 0 aliphatic rings. The van der Waals surface area contributed by atoms with Gasteiger partial charge in [0.1, 0.15) is 11.8 Å². The fourth-order valence-corrected chi connectivity index (χ4v) is 4.76. The van der Waals surface area contributed by atoms with Crippen LogP contribution in [0.25, 0.3) is 0 Å². The molecule has 1 aromatic carbocycles. The number of hydrogen-bond acceptors (Lipinski definition) is 6. The molecule has 0 fully saturated rings. The number of hydrogen-bond donors (Lipinski definition) is 5. The number of aliphatic carboxylic acids is 3. The number of nitrogens with one attached hydrogen (secondary N) is 1. The molecule has 0 spiro atoms. The van der Waals surface area contributed by atoms with Crippen LogP contribution in [0.15, 0.2) is 36.4 Å². The van der Waals surface area contributed by atoms with Gasteiger partial charge in [0.15, 0.2) is 5.60 Å². The van der Waals surface area contributed by atoms with E-state index in [2.05, 4.69) is 12.2 Å². The summed E-state index contributed by atoms with van der Waals surface area (Å²) in [5.41, 5.74) is -3.97. The highest BCUT2D eigenvalue weighted by Crippen LogP contribution is 2.29. The third kappa shape index (κ3) is 14.7. The minimum atomic E-state index is -4.61. The lowest BCUT2D eigenvalue weighted by Crippen LogP contribution is -2.55. The zero-order chi connectivity index (χ0) is 34.0. The van der Waals surface area contributed by atoms with Crippen LogP contribution in [0, 0.1) is 5.92 Å². The van der Waals surface area contributed by atoms with E-state index in [1.165, 1.54) is 6.08 Å². The fourth-order valence-electron chi connectivity index (χ4n) is 4.76. The number of amides is 1. The minimum absolute atomic E-state index is 0.121. The molecule has 0 radical (unpaired) electrons. The molecule has 13 heteroatoms. The van der Waals surface area contributed by atoms with Gasteiger partial charge in [-0.05, 0) is 43.4 Å². The molecule has 0 saturated carbocycles. The number of carbonyl (C=O) groups excluding carboxylic acids is 2. The summed E-state index contributed by atoms with van der Waals surface area (Å²) in [5.74, 6) is -8.39. The van der Waals surface area contributed by atoms with Crippen LogP contribution >= 0.6 is 0 Å². The maximum absolute atomic E-state index is 13.1. The first kappa shape index (κ1) is 39.3. The Balaban J connectivity index is 2.85. The van der Waals surface area contributed by atoms with Gasteiger partial charge >= 0.3 is 24.1 Å². The number of aliphatic hydroxyl groups is 1. The van der Waals surface area contributed by atoms with Gasteiger partial charge in [-0.25, -0.2) is 9.59 Å². The van der Waals surface area contributed by atoms with Crippen LogP contribution < -0.4 is 5.32 Å². The van der Waals surface area contributed by atoms with Crippen LogP contribution in [0.4, 0.5) is 13.2 Å². The fraction of sp³-hybridized carbons (Fsp3) is 0.594. The van der Waals surface area contributed by atoms with Gasteiger partial charge in [0.05, 0.1) is 17.9 Å². The SMILES string of the molecule is CCCCCCCC(=O)CCCCCCC=C[C@H](C(=O)NC(Cc1ccc(C(F)(F)F)cc1)C(=O)O)[C@@](O)(CC(=O)O)C(=O)O. The molecule has 1 unspecified atom stereocenters. The Morgan fingerprint density at radius 2 is 1.40 bits per heavy atom. The summed E-state index contributed by atoms with van der Waals surface area (Å²) in [6, 6.07) is 1.82. The second-order valence-corrected chi connectivity index (χ2v) is 11.2. The number of carboxylic acids is 3. The summed E-state index contributed by atoms with van der Waals surface area (Å²) in [4.78, 5) is 60.3. The predicted molar refractivity (Wildman–Crippen MR) is 158 cm³/mol. The first-order chi connectivity index (χ1) is 21.1. The van der Waals surface area contributed by atoms with Crippen molar-refractivity contribution < 1.29 is 57.6 Å². The molecule has 0 bridgehead atoms. The normalized spacial score (nSPS) is 14.4. The van der Waals surface area contributed by atoms with Gasteiger partial charge in [-0.2, -0.15) is 13.2 Å². The van der Waals surface area contributed by atoms with Gasteiger partial charge < -0.3 is 25.7 Å². The first-order valence-electron chi connectivity index (χ1n) is 15.2. The number of Topliss-reactive ketones (excluding diaryl/α,β-unsaturated/α-hetero) is 1. The highest BCUT2D eigenvalue weighted by atomic mass is 19.4. The highest BCUT2D eigenvalue weighted by Gasteiger charge is 2.49. The summed E-state index contributed by atoms with van der Waals surface area (Å²) in [7, 11) is 0. The number of alkyl halides is 3. The van der Waals surface area contributed by atoms with Crippen molar-refractivity contribution in [1.82, 2.24) is 5.32 Å². The van der Waals surface area contributed by atoms with Gasteiger partial charge in [0.2, 0.25) is 5.91 Å². The van der Waals surface area contributed by atoms with Gasteiger partial charge in [-0.1, -0.05) is 69.7 Å². The van der Waals surface area contributed by atoms with Crippen LogP contribution in [-0.4, -0.2) is 61.7 Å². The Morgan fingerprint density at radius 1 is 0.844 bits per heavy atom. The van der Waals surface area contributed by atoms with Crippen LogP contribution in [0.5, 0.6) is 0 Å². The number of unbranched alkanes of at least 4 members (excludes halogenated alkanes) is 8. The Labute approximate surface area is 260 Å². The van der Waals surface area contributed by atoms with E-state index in [1.54, 1.807) is 0 Å². The smallest absolute Gasteiger partial charge is 0.416 e. The van der Waals surface area contributed by atoms with Crippen LogP contribution in [0.3, 0.4) is 0 Å². The standard InChI is InChI=1S/C32H44F3NO9/c1-2-3-4-7-10-13-24(37)14-11-8-5-6-9-12-15-25(31(45,30(43)44)21-27(38)39)28(40)36-26(29(41)42)20-22-16-18-23(19-17-22)32(33,34)35/h12,15-19,25-26,45H,2-11,13-14,20-21H2,1H3,(H,36,40)(H,38,39)(H,41,42)(H,43,44)/t25-,26?,31+/m1/s1. The molecule has 0 aliphatic carbocycles. The van der Waals surface area contributed by atoms with Gasteiger partial charge in [0.25, 0.3) is 0 Å². The molecule has 252 valence electrons. The number of ketones is 1. The largest absolute Gasteiger partial charge is 0.481 e. The van der Waals surface area contributed by atoms with E-state index < -0.39 is 66.0 Å². The molecule has 3 atom stereocenters. The first-order valence-corrected chi connectivity index (χ1v) is 15.2. The summed E-state index contributed by atoms with van der Waals surface area (Å²) in [5, 5.41) is 41.4. The molecule has 0 aromatic heterocycles. The number of carbonyl (C=O) groups is 5. The molecule has 1 aromatic rings. The number of halogens is 3. The quantitative estimate of drug-likeness (QED) is 0.0755. The van der Waals surface area contributed by atoms with Crippen molar-refractivity contribution in [3.8, 4) is 0 Å². The maximum atomic E-state index is 13.1. The predicted octanol–water partition coefficient (Wildman–Crippen LogP) is 5.55. The summed E-state index contributed by atoms with van der Waals surface area (Å²) >= 11 is 0. The molecule has 10 nitrogen and oxygen atoms in total. The highest BCUT2D eigenvalue weighted by molar-refractivity contribution is 5.94. The molecule has 1 amide bonds. The zero-order valence-corrected chi connectivity index (χ0v) is 25.5. The maximum Gasteiger partial charge on any atom is 0.416 e. The topological polar surface area (TPSA) is 178 Å². The van der Waals surface area contributed by atoms with Gasteiger partial charge in [0, 0.05) is 19.3 Å². The molecule has 0 heterocycles. The molecule has 0 aliphatic heterocycles. The Hall–Kier alpha value is -3.74. The molecule has 0 saturated heterocycles. The van der Waals surface area contributed by atoms with E-state index in [0.717, 1.165) is 81.7 Å². The number of benzene rings is 1. The lowest BCUT2D eigenvalue weighted by molar-refractivity contribution is -0.172. The Bertz CT molecular complexity index is 1150. The van der Waals surface area contributed by atoms with Crippen molar-refractivity contribution >= 4 is 29.6 Å². The molecular formula is C32H44F3NO9. The monoisotopic (exact) mass is 643 g/mol. The van der Waals surface area contributed by atoms with Crippen molar-refractivity contribution in [3.05, 3.63) is 47.5 Å². The van der Waals surface area contributed by atoms with E-state index in [0.29, 0.717) is 25.7 Å². The average Bonchev–Trinajstić information content (AvgIpc) is 2.95. The second-order valence-electron chi connectivity index (χ2n) is 11.2. The van der Waals surface area contributed by atoms with E-state index >= 15 is 0 Å². The Kier molecular flexibility index (Phi) is 17.1. The van der Waals surface area contributed by atoms with E-state index in [-0.39, 0.29) is 11.3 Å². The molecule has 5 N–H and O–H groups in total. The van der Waals surface area contributed by atoms with Crippen molar-refractivity contribution in [2.75, 3.05) is 0 Å². The molecular weight excluding hydrogens is 599 g/mol. The number of carboxylic acid groups (broad SMARTS) is 3. The molecule has 1 rings (SSSR count). The van der Waals surface area contributed by atoms with Gasteiger partial charge in [-0.3, -0.25) is 14.4 Å². The summed E-state index contributed by atoms with van der Waals surface area (Å²) < 4.78 is 38.6. The lowest BCUT2D eigenvalue weighted by Gasteiger charge is -2.29. The zero-order valence-electron chi connectivity index (χ0n) is 25.5. The van der Waals surface area contributed by atoms with E-state index in [1.807, 2.05) is 0 Å². The van der Waals surface area contributed by atoms with Gasteiger partial charge in [-0.15, -0.1) is 0 Å². The number of allylic oxidation sites excluding steroid dienone is 1. The van der Waals surface area contributed by atoms with Crippen molar-refractivity contribution in [2.45, 2.75) is 115 Å². The van der Waals surface area contributed by atoms with Crippen LogP contribution in [0.1, 0.15) is 102 Å². The third-order valence-corrected chi connectivity index (χ3v) is 7.39. The van der Waals surface area contributed by atoms with E-state index in [4.69, 9.17) is 0 Å². The van der Waals surface area contributed by atoms with E-state index in [9.17, 15) is 57.6 Å².